The Morgan fingerprint density at radius 1 is 0.265 bits per heavy atom. The quantitative estimate of drug-likeness (QED) is 0.0222. The van der Waals surface area contributed by atoms with Crippen LogP contribution in [-0.4, -0.2) is 96.7 Å². The van der Waals surface area contributed by atoms with Crippen LogP contribution in [0.4, 0.5) is 0 Å². The summed E-state index contributed by atoms with van der Waals surface area (Å²) in [4.78, 5) is 73.1. The first-order chi connectivity index (χ1) is 49.2. The number of aliphatic hydroxyl groups is 1. The largest absolute Gasteiger partial charge is 0.472 e. The highest BCUT2D eigenvalue weighted by Crippen LogP contribution is 2.45. The molecule has 0 aliphatic rings. The van der Waals surface area contributed by atoms with Crippen molar-refractivity contribution in [3.8, 4) is 0 Å². The third-order valence-electron chi connectivity index (χ3n) is 19.4. The van der Waals surface area contributed by atoms with Gasteiger partial charge in [-0.15, -0.1) is 0 Å². The summed E-state index contributed by atoms with van der Waals surface area (Å²) in [6, 6.07) is 0. The molecule has 0 aromatic heterocycles. The first-order valence-corrected chi connectivity index (χ1v) is 45.8. The number of phosphoric acid groups is 2. The molecular weight excluding hydrogens is 1330 g/mol. The lowest BCUT2D eigenvalue weighted by atomic mass is 10.0. The molecule has 0 bridgehead atoms. The van der Waals surface area contributed by atoms with Gasteiger partial charge in [0, 0.05) is 25.7 Å². The number of esters is 4. The fraction of sp³-hybridized carbons (Fsp3) is 0.952. The highest BCUT2D eigenvalue weighted by molar-refractivity contribution is 7.47. The molecule has 0 aromatic carbocycles. The predicted molar refractivity (Wildman–Crippen MR) is 418 cm³/mol. The molecule has 0 spiro atoms. The summed E-state index contributed by atoms with van der Waals surface area (Å²) in [5.41, 5.74) is 0. The molecule has 0 aromatic rings. The third kappa shape index (κ3) is 76.3. The molecule has 0 rings (SSSR count). The monoisotopic (exact) mass is 1490 g/mol. The number of hydrogen-bond donors (Lipinski definition) is 3. The van der Waals surface area contributed by atoms with Gasteiger partial charge >= 0.3 is 39.5 Å². The molecule has 0 radical (unpaired) electrons. The summed E-state index contributed by atoms with van der Waals surface area (Å²) < 4.78 is 68.8. The summed E-state index contributed by atoms with van der Waals surface area (Å²) >= 11 is 0. The van der Waals surface area contributed by atoms with Gasteiger partial charge in [0.25, 0.3) is 0 Å². The van der Waals surface area contributed by atoms with Crippen molar-refractivity contribution in [3.05, 3.63) is 0 Å². The maximum atomic E-state index is 13.1. The molecule has 0 saturated heterocycles. The number of carbonyl (C=O) groups is 4. The maximum Gasteiger partial charge on any atom is 0.472 e. The average molecular weight is 1490 g/mol. The third-order valence-corrected chi connectivity index (χ3v) is 21.3. The van der Waals surface area contributed by atoms with Crippen LogP contribution in [0.15, 0.2) is 0 Å². The van der Waals surface area contributed by atoms with Crippen LogP contribution < -0.4 is 0 Å². The normalized spacial score (nSPS) is 13.9. The van der Waals surface area contributed by atoms with Crippen LogP contribution in [0.3, 0.4) is 0 Å². The lowest BCUT2D eigenvalue weighted by molar-refractivity contribution is -0.161. The molecule has 5 atom stereocenters. The molecular formula is C83H162O17P2. The van der Waals surface area contributed by atoms with E-state index in [1.54, 1.807) is 0 Å². The van der Waals surface area contributed by atoms with Crippen LogP contribution in [-0.2, 0) is 65.4 Å². The van der Waals surface area contributed by atoms with Crippen molar-refractivity contribution in [1.82, 2.24) is 0 Å². The number of rotatable bonds is 81. The van der Waals surface area contributed by atoms with E-state index in [2.05, 4.69) is 48.5 Å². The van der Waals surface area contributed by atoms with Crippen molar-refractivity contribution < 1.29 is 80.2 Å². The number of carbonyl (C=O) groups excluding carboxylic acids is 4. The van der Waals surface area contributed by atoms with Crippen LogP contribution in [0.1, 0.15) is 434 Å². The Hall–Kier alpha value is -1.94. The Kier molecular flexibility index (Phi) is 71.8. The van der Waals surface area contributed by atoms with Crippen molar-refractivity contribution in [2.45, 2.75) is 452 Å². The molecule has 2 unspecified atom stereocenters. The standard InChI is InChI=1S/C83H162O17P2/c1-8-9-10-11-12-13-14-15-16-22-25-30-35-43-50-57-64-80(85)93-70-78(99-82(87)66-59-52-45-36-31-26-23-20-18-17-19-21-24-28-33-40-47-54-61-74(2)3)72-97-101(89,90)95-68-77(84)69-96-102(91,92)98-73-79(71-94-81(86)65-58-51-44-39-38-42-49-56-63-76(6)7)100-83(88)67-60-53-46-37-32-27-29-34-41-48-55-62-75(4)5/h74-79,84H,8-73H2,1-7H3,(H,89,90)(H,91,92)/t77-,78-,79-/m1/s1. The molecule has 3 N–H and O–H groups in total. The molecule has 606 valence electrons. The minimum Gasteiger partial charge on any atom is -0.462 e. The summed E-state index contributed by atoms with van der Waals surface area (Å²) in [6.45, 7) is 12.0. The van der Waals surface area contributed by atoms with E-state index in [-0.39, 0.29) is 25.7 Å². The van der Waals surface area contributed by atoms with Gasteiger partial charge in [0.1, 0.15) is 19.3 Å². The van der Waals surface area contributed by atoms with Gasteiger partial charge in [-0.05, 0) is 43.4 Å². The van der Waals surface area contributed by atoms with Gasteiger partial charge in [-0.2, -0.15) is 0 Å². The summed E-state index contributed by atoms with van der Waals surface area (Å²) in [6.07, 6.45) is 62.5. The van der Waals surface area contributed by atoms with Crippen LogP contribution in [0.25, 0.3) is 0 Å². The van der Waals surface area contributed by atoms with Gasteiger partial charge in [-0.1, -0.05) is 382 Å². The van der Waals surface area contributed by atoms with E-state index in [1.165, 1.54) is 244 Å². The molecule has 0 heterocycles. The van der Waals surface area contributed by atoms with E-state index >= 15 is 0 Å². The van der Waals surface area contributed by atoms with Crippen LogP contribution in [0.2, 0.25) is 0 Å². The van der Waals surface area contributed by atoms with E-state index in [0.717, 1.165) is 108 Å². The summed E-state index contributed by atoms with van der Waals surface area (Å²) in [7, 11) is -9.92. The van der Waals surface area contributed by atoms with Gasteiger partial charge in [-0.25, -0.2) is 9.13 Å². The Morgan fingerprint density at radius 2 is 0.451 bits per heavy atom. The minimum absolute atomic E-state index is 0.106. The first kappa shape index (κ1) is 100. The molecule has 0 fully saturated rings. The average Bonchev–Trinajstić information content (AvgIpc) is 0.922. The van der Waals surface area contributed by atoms with Crippen molar-refractivity contribution in [2.24, 2.45) is 17.8 Å². The fourth-order valence-corrected chi connectivity index (χ4v) is 14.4. The Balaban J connectivity index is 5.24. The zero-order valence-electron chi connectivity index (χ0n) is 67.1. The number of phosphoric ester groups is 2. The lowest BCUT2D eigenvalue weighted by Crippen LogP contribution is -2.30. The Bertz CT molecular complexity index is 1970. The van der Waals surface area contributed by atoms with Crippen LogP contribution >= 0.6 is 15.6 Å². The Morgan fingerprint density at radius 3 is 0.667 bits per heavy atom. The maximum absolute atomic E-state index is 13.1. The lowest BCUT2D eigenvalue weighted by Gasteiger charge is -2.21. The summed E-state index contributed by atoms with van der Waals surface area (Å²) in [5, 5.41) is 10.7. The highest BCUT2D eigenvalue weighted by atomic mass is 31.2. The number of hydrogen-bond acceptors (Lipinski definition) is 15. The summed E-state index contributed by atoms with van der Waals surface area (Å²) in [5.74, 6) is 0.203. The zero-order chi connectivity index (χ0) is 75.1. The van der Waals surface area contributed by atoms with Crippen molar-refractivity contribution in [2.75, 3.05) is 39.6 Å². The smallest absolute Gasteiger partial charge is 0.462 e. The van der Waals surface area contributed by atoms with E-state index in [9.17, 15) is 43.2 Å². The number of unbranched alkanes of at least 4 members (excludes halogenated alkanes) is 49. The van der Waals surface area contributed by atoms with E-state index in [4.69, 9.17) is 37.0 Å². The van der Waals surface area contributed by atoms with Crippen LogP contribution in [0.5, 0.6) is 0 Å². The van der Waals surface area contributed by atoms with Crippen LogP contribution in [0, 0.1) is 17.8 Å². The molecule has 102 heavy (non-hydrogen) atoms. The molecule has 0 aliphatic heterocycles. The Labute approximate surface area is 626 Å². The molecule has 0 amide bonds. The molecule has 19 heteroatoms. The second kappa shape index (κ2) is 73.2. The highest BCUT2D eigenvalue weighted by Gasteiger charge is 2.30. The van der Waals surface area contributed by atoms with Crippen molar-refractivity contribution in [3.63, 3.8) is 0 Å². The van der Waals surface area contributed by atoms with E-state index in [1.807, 2.05) is 0 Å². The number of aliphatic hydroxyl groups excluding tert-OH is 1. The second-order valence-corrected chi connectivity index (χ2v) is 34.2. The first-order valence-electron chi connectivity index (χ1n) is 42.8. The second-order valence-electron chi connectivity index (χ2n) is 31.3. The fourth-order valence-electron chi connectivity index (χ4n) is 12.8. The van der Waals surface area contributed by atoms with Crippen molar-refractivity contribution >= 4 is 39.5 Å². The van der Waals surface area contributed by atoms with Gasteiger partial charge in [0.15, 0.2) is 12.2 Å². The number of ether oxygens (including phenoxy) is 4. The van der Waals surface area contributed by atoms with E-state index in [0.29, 0.717) is 25.7 Å². The SMILES string of the molecule is CCCCCCCCCCCCCCCCCCC(=O)OC[C@H](COP(=O)(O)OC[C@@H](O)COP(=O)(O)OC[C@@H](COC(=O)CCCCCCCCCCC(C)C)OC(=O)CCCCCCCCCCCCCC(C)C)OC(=O)CCCCCCCCCCCCCCCCCCCCC(C)C. The van der Waals surface area contributed by atoms with Gasteiger partial charge in [0.2, 0.25) is 0 Å². The molecule has 17 nitrogen and oxygen atoms in total. The molecule has 0 aliphatic carbocycles. The van der Waals surface area contributed by atoms with Gasteiger partial charge in [0.05, 0.1) is 26.4 Å². The zero-order valence-corrected chi connectivity index (χ0v) is 68.9. The minimum atomic E-state index is -4.96. The topological polar surface area (TPSA) is 237 Å². The molecule has 0 saturated carbocycles. The van der Waals surface area contributed by atoms with Gasteiger partial charge < -0.3 is 33.8 Å². The predicted octanol–water partition coefficient (Wildman–Crippen LogP) is 24.9. The van der Waals surface area contributed by atoms with Gasteiger partial charge in [-0.3, -0.25) is 37.3 Å². The van der Waals surface area contributed by atoms with E-state index < -0.39 is 97.5 Å². The van der Waals surface area contributed by atoms with Crippen molar-refractivity contribution in [1.29, 1.82) is 0 Å².